The van der Waals surface area contributed by atoms with Crippen molar-refractivity contribution in [3.8, 4) is 21.9 Å². The number of aryl methyl sites for hydroxylation is 1. The van der Waals surface area contributed by atoms with Crippen LogP contribution < -0.4 is 10.2 Å². The molecular weight excluding hydrogens is 384 g/mol. The number of hydrogen-bond acceptors (Lipinski definition) is 7. The normalized spacial score (nSPS) is 11.2. The predicted molar refractivity (Wildman–Crippen MR) is 118 cm³/mol. The van der Waals surface area contributed by atoms with Crippen LogP contribution in [0.25, 0.3) is 20.7 Å². The second kappa shape index (κ2) is 8.28. The zero-order chi connectivity index (χ0) is 20.2. The Bertz CT molecular complexity index is 1170. The number of anilines is 1. The summed E-state index contributed by atoms with van der Waals surface area (Å²) < 4.78 is 5.41. The molecule has 146 valence electrons. The Hall–Kier alpha value is -3.45. The average Bonchev–Trinajstić information content (AvgIpc) is 3.15. The van der Waals surface area contributed by atoms with Crippen molar-refractivity contribution in [3.05, 3.63) is 66.0 Å². The van der Waals surface area contributed by atoms with Gasteiger partial charge in [-0.25, -0.2) is 9.97 Å². The van der Waals surface area contributed by atoms with Gasteiger partial charge in [-0.2, -0.15) is 5.10 Å². The van der Waals surface area contributed by atoms with Crippen molar-refractivity contribution in [1.29, 1.82) is 0 Å². The first-order valence-electron chi connectivity index (χ1n) is 9.23. The van der Waals surface area contributed by atoms with Crippen molar-refractivity contribution in [2.24, 2.45) is 5.10 Å². The molecule has 0 spiro atoms. The Balaban J connectivity index is 1.64. The van der Waals surface area contributed by atoms with Gasteiger partial charge in [0.2, 0.25) is 0 Å². The minimum Gasteiger partial charge on any atom is -0.504 e. The van der Waals surface area contributed by atoms with Crippen molar-refractivity contribution in [1.82, 2.24) is 9.97 Å². The molecule has 0 bridgehead atoms. The Kier molecular flexibility index (Phi) is 5.39. The number of phenolic OH excluding ortho intramolecular Hbond substituents is 1. The zero-order valence-corrected chi connectivity index (χ0v) is 16.9. The number of benzene rings is 2. The fourth-order valence-electron chi connectivity index (χ4n) is 2.94. The molecule has 0 amide bonds. The Morgan fingerprint density at radius 1 is 1.14 bits per heavy atom. The number of nitrogens with one attached hydrogen (secondary N) is 1. The fourth-order valence-corrected chi connectivity index (χ4v) is 4.02. The lowest BCUT2D eigenvalue weighted by atomic mass is 10.2. The molecule has 0 fully saturated rings. The highest BCUT2D eigenvalue weighted by Crippen LogP contribution is 2.35. The van der Waals surface area contributed by atoms with Crippen molar-refractivity contribution in [2.75, 3.05) is 12.0 Å². The number of para-hydroxylation sites is 1. The topological polar surface area (TPSA) is 79.6 Å². The first kappa shape index (κ1) is 18.9. The smallest absolute Gasteiger partial charge is 0.166 e. The van der Waals surface area contributed by atoms with Crippen LogP contribution in [0, 0.1) is 6.92 Å². The number of fused-ring (bicyclic) bond motifs is 1. The summed E-state index contributed by atoms with van der Waals surface area (Å²) in [5.74, 6) is 1.79. The molecule has 0 atom stereocenters. The summed E-state index contributed by atoms with van der Waals surface area (Å²) in [7, 11) is 0. The van der Waals surface area contributed by atoms with E-state index in [0.717, 1.165) is 20.7 Å². The minimum absolute atomic E-state index is 0.0609. The standard InChI is InChI=1S/C22H20N4O2S/c1-3-28-18-11-7-10-16(20(18)27)13-23-26-21-17-12-19(15-8-5-4-6-9-15)29-22(17)25-14(2)24-21/h4-13,27H,3H2,1-2H3,(H,24,25,26)/b23-13+. The number of nitrogens with zero attached hydrogens (tertiary/aromatic N) is 3. The summed E-state index contributed by atoms with van der Waals surface area (Å²) in [5.41, 5.74) is 4.69. The summed E-state index contributed by atoms with van der Waals surface area (Å²) in [4.78, 5) is 11.1. The molecule has 4 aromatic rings. The number of aromatic hydroxyl groups is 1. The Labute approximate surface area is 172 Å². The van der Waals surface area contributed by atoms with E-state index in [0.29, 0.717) is 29.6 Å². The van der Waals surface area contributed by atoms with Crippen molar-refractivity contribution >= 4 is 33.6 Å². The maximum absolute atomic E-state index is 10.3. The van der Waals surface area contributed by atoms with Crippen LogP contribution in [0.1, 0.15) is 18.3 Å². The van der Waals surface area contributed by atoms with E-state index in [-0.39, 0.29) is 5.75 Å². The third kappa shape index (κ3) is 4.05. The second-order valence-corrected chi connectivity index (χ2v) is 7.34. The van der Waals surface area contributed by atoms with Gasteiger partial charge in [0.1, 0.15) is 10.7 Å². The zero-order valence-electron chi connectivity index (χ0n) is 16.1. The van der Waals surface area contributed by atoms with Gasteiger partial charge < -0.3 is 9.84 Å². The molecule has 0 unspecified atom stereocenters. The van der Waals surface area contributed by atoms with E-state index in [1.807, 2.05) is 38.1 Å². The van der Waals surface area contributed by atoms with Crippen LogP contribution in [0.15, 0.2) is 59.7 Å². The monoisotopic (exact) mass is 404 g/mol. The number of ether oxygens (including phenoxy) is 1. The van der Waals surface area contributed by atoms with E-state index in [4.69, 9.17) is 4.74 Å². The highest BCUT2D eigenvalue weighted by atomic mass is 32.1. The highest BCUT2D eigenvalue weighted by Gasteiger charge is 2.11. The van der Waals surface area contributed by atoms with Gasteiger partial charge in [-0.05, 0) is 37.6 Å². The van der Waals surface area contributed by atoms with Crippen LogP contribution in [-0.4, -0.2) is 27.9 Å². The summed E-state index contributed by atoms with van der Waals surface area (Å²) in [6, 6.07) is 17.5. The molecule has 6 nitrogen and oxygen atoms in total. The molecule has 0 aliphatic rings. The second-order valence-electron chi connectivity index (χ2n) is 6.31. The highest BCUT2D eigenvalue weighted by molar-refractivity contribution is 7.21. The van der Waals surface area contributed by atoms with E-state index in [9.17, 15) is 5.11 Å². The number of thiophene rings is 1. The van der Waals surface area contributed by atoms with E-state index in [1.165, 1.54) is 0 Å². The summed E-state index contributed by atoms with van der Waals surface area (Å²) in [6.07, 6.45) is 1.55. The van der Waals surface area contributed by atoms with Crippen molar-refractivity contribution in [3.63, 3.8) is 0 Å². The lowest BCUT2D eigenvalue weighted by Gasteiger charge is -2.07. The molecule has 0 radical (unpaired) electrons. The molecule has 0 saturated heterocycles. The largest absolute Gasteiger partial charge is 0.504 e. The molecule has 2 aromatic heterocycles. The van der Waals surface area contributed by atoms with E-state index < -0.39 is 0 Å². The molecule has 2 heterocycles. The minimum atomic E-state index is 0.0609. The summed E-state index contributed by atoms with van der Waals surface area (Å²) >= 11 is 1.62. The van der Waals surface area contributed by atoms with Gasteiger partial charge >= 0.3 is 0 Å². The first-order valence-corrected chi connectivity index (χ1v) is 10.0. The van der Waals surface area contributed by atoms with Crippen LogP contribution in [0.4, 0.5) is 5.82 Å². The van der Waals surface area contributed by atoms with Gasteiger partial charge in [-0.15, -0.1) is 11.3 Å². The number of hydrogen-bond donors (Lipinski definition) is 2. The quantitative estimate of drug-likeness (QED) is 0.340. The number of phenols is 1. The van der Waals surface area contributed by atoms with E-state index >= 15 is 0 Å². The Morgan fingerprint density at radius 2 is 1.97 bits per heavy atom. The van der Waals surface area contributed by atoms with Crippen molar-refractivity contribution < 1.29 is 9.84 Å². The van der Waals surface area contributed by atoms with Crippen LogP contribution in [0.3, 0.4) is 0 Å². The molecule has 4 rings (SSSR count). The molecule has 0 saturated carbocycles. The maximum atomic E-state index is 10.3. The summed E-state index contributed by atoms with van der Waals surface area (Å²) in [6.45, 7) is 4.20. The van der Waals surface area contributed by atoms with E-state index in [2.05, 4.69) is 38.7 Å². The van der Waals surface area contributed by atoms with Crippen LogP contribution in [-0.2, 0) is 0 Å². The van der Waals surface area contributed by atoms with Gasteiger partial charge in [0.15, 0.2) is 17.3 Å². The third-order valence-corrected chi connectivity index (χ3v) is 5.35. The lowest BCUT2D eigenvalue weighted by molar-refractivity contribution is 0.318. The van der Waals surface area contributed by atoms with Gasteiger partial charge in [0.25, 0.3) is 0 Å². The average molecular weight is 404 g/mol. The third-order valence-electron chi connectivity index (χ3n) is 4.27. The lowest BCUT2D eigenvalue weighted by Crippen LogP contribution is -1.98. The molecule has 0 aliphatic heterocycles. The van der Waals surface area contributed by atoms with Crippen LogP contribution in [0.5, 0.6) is 11.5 Å². The van der Waals surface area contributed by atoms with E-state index in [1.54, 1.807) is 29.7 Å². The number of rotatable bonds is 6. The number of hydrazone groups is 1. The van der Waals surface area contributed by atoms with Gasteiger partial charge in [-0.3, -0.25) is 5.43 Å². The maximum Gasteiger partial charge on any atom is 0.166 e. The molecule has 0 aliphatic carbocycles. The SMILES string of the molecule is CCOc1cccc(/C=N/Nc2nc(C)nc3sc(-c4ccccc4)cc23)c1O. The molecule has 2 aromatic carbocycles. The predicted octanol–water partition coefficient (Wildman–Crippen LogP) is 5.22. The van der Waals surface area contributed by atoms with Crippen LogP contribution in [0.2, 0.25) is 0 Å². The molecule has 29 heavy (non-hydrogen) atoms. The molecule has 2 N–H and O–H groups in total. The summed E-state index contributed by atoms with van der Waals surface area (Å²) in [5, 5.41) is 15.5. The van der Waals surface area contributed by atoms with Gasteiger partial charge in [-0.1, -0.05) is 36.4 Å². The fraction of sp³-hybridized carbons (Fsp3) is 0.136. The van der Waals surface area contributed by atoms with Crippen LogP contribution >= 0.6 is 11.3 Å². The molecular formula is C22H20N4O2S. The Morgan fingerprint density at radius 3 is 2.76 bits per heavy atom. The molecule has 7 heteroatoms. The first-order chi connectivity index (χ1) is 14.2. The van der Waals surface area contributed by atoms with Gasteiger partial charge in [0, 0.05) is 10.4 Å². The van der Waals surface area contributed by atoms with Crippen molar-refractivity contribution in [2.45, 2.75) is 13.8 Å². The number of aromatic nitrogens is 2. The van der Waals surface area contributed by atoms with Gasteiger partial charge in [0.05, 0.1) is 18.2 Å².